The number of carbonyl (C=O) groups excluding carboxylic acids is 1. The maximum absolute atomic E-state index is 12.4. The van der Waals surface area contributed by atoms with E-state index in [1.165, 1.54) is 12.8 Å². The highest BCUT2D eigenvalue weighted by molar-refractivity contribution is 8.13. The van der Waals surface area contributed by atoms with Crippen LogP contribution in [-0.2, 0) is 0 Å². The Morgan fingerprint density at radius 1 is 1.33 bits per heavy atom. The molecule has 0 aliphatic carbocycles. The van der Waals surface area contributed by atoms with Crippen molar-refractivity contribution in [2.24, 2.45) is 4.99 Å². The number of benzene rings is 1. The molecule has 24 heavy (non-hydrogen) atoms. The summed E-state index contributed by atoms with van der Waals surface area (Å²) in [6.45, 7) is 3.57. The first kappa shape index (κ1) is 17.2. The Hall–Kier alpha value is -1.66. The van der Waals surface area contributed by atoms with E-state index in [0.717, 1.165) is 24.0 Å². The molecule has 7 heteroatoms. The summed E-state index contributed by atoms with van der Waals surface area (Å²) in [6, 6.07) is 6.99. The van der Waals surface area contributed by atoms with Crippen LogP contribution < -0.4 is 5.32 Å². The van der Waals surface area contributed by atoms with Crippen molar-refractivity contribution in [1.82, 2.24) is 9.80 Å². The van der Waals surface area contributed by atoms with Gasteiger partial charge < -0.3 is 10.2 Å². The van der Waals surface area contributed by atoms with Gasteiger partial charge in [-0.15, -0.1) is 0 Å². The largest absolute Gasteiger partial charge is 0.378 e. The topological polar surface area (TPSA) is 47.9 Å². The molecule has 1 aromatic rings. The molecule has 1 N–H and O–H groups in total. The fourth-order valence-corrected chi connectivity index (χ4v) is 3.74. The molecule has 0 aromatic heterocycles. The Morgan fingerprint density at radius 3 is 2.96 bits per heavy atom. The van der Waals surface area contributed by atoms with Gasteiger partial charge in [0.15, 0.2) is 5.17 Å². The van der Waals surface area contributed by atoms with Crippen molar-refractivity contribution in [2.45, 2.75) is 12.8 Å². The van der Waals surface area contributed by atoms with Crippen LogP contribution in [0.25, 0.3) is 0 Å². The third-order valence-electron chi connectivity index (χ3n) is 3.89. The summed E-state index contributed by atoms with van der Waals surface area (Å²) in [7, 11) is 0. The Labute approximate surface area is 151 Å². The molecule has 3 rings (SSSR count). The van der Waals surface area contributed by atoms with Crippen LogP contribution in [0.2, 0.25) is 5.02 Å². The lowest BCUT2D eigenvalue weighted by atomic mass is 10.3. The van der Waals surface area contributed by atoms with E-state index in [1.54, 1.807) is 28.8 Å². The predicted octanol–water partition coefficient (Wildman–Crippen LogP) is 3.89. The number of likely N-dealkylation sites (tertiary alicyclic amines) is 1. The van der Waals surface area contributed by atoms with Crippen molar-refractivity contribution in [3.8, 4) is 0 Å². The second-order valence-corrected chi connectivity index (χ2v) is 7.12. The van der Waals surface area contributed by atoms with E-state index in [2.05, 4.69) is 27.5 Å². The van der Waals surface area contributed by atoms with Crippen molar-refractivity contribution in [2.75, 3.05) is 37.2 Å². The van der Waals surface area contributed by atoms with Gasteiger partial charge >= 0.3 is 6.03 Å². The van der Waals surface area contributed by atoms with E-state index >= 15 is 0 Å². The molecular formula is C17H21ClN4OS. The van der Waals surface area contributed by atoms with Crippen molar-refractivity contribution in [3.05, 3.63) is 41.6 Å². The minimum absolute atomic E-state index is 0.162. The SMILES string of the molecule is O=C(Nc1cccc(Cl)c1)N1CCN=C1SC/C=C/N1CCCC1. The third kappa shape index (κ3) is 4.68. The molecule has 0 atom stereocenters. The predicted molar refractivity (Wildman–Crippen MR) is 102 cm³/mol. The first-order valence-electron chi connectivity index (χ1n) is 8.14. The van der Waals surface area contributed by atoms with Gasteiger partial charge in [-0.05, 0) is 37.2 Å². The van der Waals surface area contributed by atoms with Gasteiger partial charge in [0.05, 0.1) is 6.54 Å². The summed E-state index contributed by atoms with van der Waals surface area (Å²) in [4.78, 5) is 20.9. The highest BCUT2D eigenvalue weighted by atomic mass is 35.5. The number of hydrogen-bond donors (Lipinski definition) is 1. The summed E-state index contributed by atoms with van der Waals surface area (Å²) in [5.41, 5.74) is 0.692. The molecule has 5 nitrogen and oxygen atoms in total. The van der Waals surface area contributed by atoms with Gasteiger partial charge in [0.2, 0.25) is 0 Å². The summed E-state index contributed by atoms with van der Waals surface area (Å²) in [5.74, 6) is 0.816. The highest BCUT2D eigenvalue weighted by Crippen LogP contribution is 2.19. The normalized spacial score (nSPS) is 17.6. The highest BCUT2D eigenvalue weighted by Gasteiger charge is 2.23. The Bertz CT molecular complexity index is 643. The molecule has 1 fully saturated rings. The van der Waals surface area contributed by atoms with E-state index in [1.807, 2.05) is 12.1 Å². The standard InChI is InChI=1S/C17H21ClN4OS/c18-14-5-3-6-15(13-14)20-16(23)22-11-7-19-17(22)24-12-4-10-21-8-1-2-9-21/h3-6,10,13H,1-2,7-9,11-12H2,(H,20,23)/b10-4+. The summed E-state index contributed by atoms with van der Waals surface area (Å²) < 4.78 is 0. The molecule has 1 saturated heterocycles. The minimum Gasteiger partial charge on any atom is -0.378 e. The lowest BCUT2D eigenvalue weighted by Crippen LogP contribution is -2.36. The number of halogens is 1. The van der Waals surface area contributed by atoms with E-state index in [9.17, 15) is 4.79 Å². The van der Waals surface area contributed by atoms with Crippen LogP contribution in [-0.4, -0.2) is 52.9 Å². The van der Waals surface area contributed by atoms with E-state index in [4.69, 9.17) is 11.6 Å². The molecule has 128 valence electrons. The number of aliphatic imine (C=N–C) groups is 1. The zero-order chi connectivity index (χ0) is 16.8. The fraction of sp³-hybridized carbons (Fsp3) is 0.412. The molecule has 1 aromatic carbocycles. The maximum Gasteiger partial charge on any atom is 0.327 e. The molecule has 2 heterocycles. The zero-order valence-corrected chi connectivity index (χ0v) is 15.0. The average molecular weight is 365 g/mol. The molecule has 0 radical (unpaired) electrons. The van der Waals surface area contributed by atoms with Crippen LogP contribution >= 0.6 is 23.4 Å². The first-order chi connectivity index (χ1) is 11.7. The van der Waals surface area contributed by atoms with Crippen LogP contribution in [0.3, 0.4) is 0 Å². The third-order valence-corrected chi connectivity index (χ3v) is 5.09. The fourth-order valence-electron chi connectivity index (χ4n) is 2.70. The van der Waals surface area contributed by atoms with Gasteiger partial charge in [-0.1, -0.05) is 35.5 Å². The van der Waals surface area contributed by atoms with Crippen LogP contribution in [0.4, 0.5) is 10.5 Å². The number of urea groups is 1. The summed E-state index contributed by atoms with van der Waals surface area (Å²) in [6.07, 6.45) is 6.86. The monoisotopic (exact) mass is 364 g/mol. The van der Waals surface area contributed by atoms with Crippen molar-refractivity contribution >= 4 is 40.2 Å². The van der Waals surface area contributed by atoms with Gasteiger partial charge in [-0.2, -0.15) is 0 Å². The Balaban J connectivity index is 1.49. The van der Waals surface area contributed by atoms with Crippen LogP contribution in [0.5, 0.6) is 0 Å². The van der Waals surface area contributed by atoms with Crippen LogP contribution in [0.1, 0.15) is 12.8 Å². The number of carbonyl (C=O) groups is 1. The van der Waals surface area contributed by atoms with Gasteiger partial charge in [-0.3, -0.25) is 9.89 Å². The van der Waals surface area contributed by atoms with E-state index < -0.39 is 0 Å². The summed E-state index contributed by atoms with van der Waals surface area (Å²) in [5, 5.41) is 4.25. The second-order valence-electron chi connectivity index (χ2n) is 5.70. The van der Waals surface area contributed by atoms with Gasteiger partial charge in [0.25, 0.3) is 0 Å². The molecule has 2 aliphatic heterocycles. The number of rotatable bonds is 4. The Morgan fingerprint density at radius 2 is 2.17 bits per heavy atom. The lowest BCUT2D eigenvalue weighted by molar-refractivity contribution is 0.237. The van der Waals surface area contributed by atoms with Crippen LogP contribution in [0.15, 0.2) is 41.5 Å². The minimum atomic E-state index is -0.162. The van der Waals surface area contributed by atoms with E-state index in [-0.39, 0.29) is 6.03 Å². The van der Waals surface area contributed by atoms with Gasteiger partial charge in [-0.25, -0.2) is 4.79 Å². The molecule has 2 aliphatic rings. The smallest absolute Gasteiger partial charge is 0.327 e. The first-order valence-corrected chi connectivity index (χ1v) is 9.51. The van der Waals surface area contributed by atoms with E-state index in [0.29, 0.717) is 23.8 Å². The number of nitrogens with zero attached hydrogens (tertiary/aromatic N) is 3. The molecule has 0 unspecified atom stereocenters. The molecule has 0 saturated carbocycles. The van der Waals surface area contributed by atoms with Crippen LogP contribution in [0, 0.1) is 0 Å². The zero-order valence-electron chi connectivity index (χ0n) is 13.4. The van der Waals surface area contributed by atoms with Crippen molar-refractivity contribution < 1.29 is 4.79 Å². The Kier molecular flexibility index (Phi) is 6.04. The quantitative estimate of drug-likeness (QED) is 0.881. The number of anilines is 1. The van der Waals surface area contributed by atoms with Crippen molar-refractivity contribution in [1.29, 1.82) is 0 Å². The number of hydrogen-bond acceptors (Lipinski definition) is 4. The lowest BCUT2D eigenvalue weighted by Gasteiger charge is -2.18. The maximum atomic E-state index is 12.4. The number of thioether (sulfide) groups is 1. The molecule has 0 spiro atoms. The average Bonchev–Trinajstić information content (AvgIpc) is 3.23. The molecule has 0 bridgehead atoms. The molecular weight excluding hydrogens is 344 g/mol. The number of amidine groups is 1. The van der Waals surface area contributed by atoms with Crippen molar-refractivity contribution in [3.63, 3.8) is 0 Å². The number of nitrogens with one attached hydrogen (secondary N) is 1. The molecule has 2 amide bonds. The summed E-state index contributed by atoms with van der Waals surface area (Å²) >= 11 is 7.54. The second kappa shape index (κ2) is 8.44. The van der Waals surface area contributed by atoms with Gasteiger partial charge in [0.1, 0.15) is 0 Å². The number of amides is 2. The van der Waals surface area contributed by atoms with Gasteiger partial charge in [0, 0.05) is 36.1 Å².